The van der Waals surface area contributed by atoms with E-state index in [0.29, 0.717) is 23.6 Å². The lowest BCUT2D eigenvalue weighted by molar-refractivity contribution is -0.114. The maximum Gasteiger partial charge on any atom is 0.338 e. The molecule has 1 amide bonds. The van der Waals surface area contributed by atoms with E-state index in [0.717, 1.165) is 6.42 Å². The molecule has 1 aromatic carbocycles. The first kappa shape index (κ1) is 15.6. The molecule has 116 valence electrons. The summed E-state index contributed by atoms with van der Waals surface area (Å²) in [6.07, 6.45) is 0.880. The molecule has 22 heavy (non-hydrogen) atoms. The Balaban J connectivity index is 2.00. The Morgan fingerprint density at radius 1 is 1.36 bits per heavy atom. The van der Waals surface area contributed by atoms with Crippen molar-refractivity contribution in [2.24, 2.45) is 0 Å². The van der Waals surface area contributed by atoms with Crippen molar-refractivity contribution in [2.75, 3.05) is 5.32 Å². The molecule has 0 unspecified atom stereocenters. The van der Waals surface area contributed by atoms with Crippen molar-refractivity contribution in [1.29, 1.82) is 0 Å². The molecular formula is C14H17N5O3. The topological polar surface area (TPSA) is 99.0 Å². The molecule has 0 atom stereocenters. The molecule has 0 aliphatic heterocycles. The van der Waals surface area contributed by atoms with Gasteiger partial charge in [0.25, 0.3) is 0 Å². The second-order valence-electron chi connectivity index (χ2n) is 4.66. The van der Waals surface area contributed by atoms with Crippen LogP contribution in [0.15, 0.2) is 24.3 Å². The van der Waals surface area contributed by atoms with E-state index in [2.05, 4.69) is 20.8 Å². The van der Waals surface area contributed by atoms with E-state index in [1.807, 2.05) is 6.92 Å². The number of nitrogens with zero attached hydrogens (tertiary/aromatic N) is 4. The van der Waals surface area contributed by atoms with Crippen LogP contribution in [0.3, 0.4) is 0 Å². The maximum absolute atomic E-state index is 12.0. The molecule has 2 rings (SSSR count). The van der Waals surface area contributed by atoms with Crippen LogP contribution in [0.4, 0.5) is 5.69 Å². The first-order chi connectivity index (χ1) is 10.6. The fourth-order valence-corrected chi connectivity index (χ4v) is 1.85. The van der Waals surface area contributed by atoms with Crippen LogP contribution in [-0.4, -0.2) is 32.1 Å². The van der Waals surface area contributed by atoms with E-state index in [9.17, 15) is 9.59 Å². The Morgan fingerprint density at radius 2 is 2.18 bits per heavy atom. The number of tetrazole rings is 1. The van der Waals surface area contributed by atoms with E-state index in [4.69, 9.17) is 4.74 Å². The van der Waals surface area contributed by atoms with Gasteiger partial charge in [0.05, 0.1) is 5.56 Å². The summed E-state index contributed by atoms with van der Waals surface area (Å²) < 4.78 is 6.80. The number of carbonyl (C=O) groups excluding carboxylic acids is 2. The van der Waals surface area contributed by atoms with Crippen LogP contribution in [0, 0.1) is 0 Å². The number of benzene rings is 1. The van der Waals surface area contributed by atoms with Gasteiger partial charge < -0.3 is 10.1 Å². The third-order valence-corrected chi connectivity index (χ3v) is 2.79. The summed E-state index contributed by atoms with van der Waals surface area (Å²) in [6, 6.07) is 6.53. The number of nitrogens with one attached hydrogen (secondary N) is 1. The predicted molar refractivity (Wildman–Crippen MR) is 78.0 cm³/mol. The number of hydrogen-bond acceptors (Lipinski definition) is 6. The highest BCUT2D eigenvalue weighted by Gasteiger charge is 2.12. The summed E-state index contributed by atoms with van der Waals surface area (Å²) in [6.45, 7) is 4.07. The van der Waals surface area contributed by atoms with Gasteiger partial charge >= 0.3 is 5.97 Å². The molecule has 0 saturated carbocycles. The summed E-state index contributed by atoms with van der Waals surface area (Å²) >= 11 is 0. The standard InChI is InChI=1S/C14H17N5O3/c1-3-7-19-13(16-17-18-19)9-22-14(21)11-5-4-6-12(8-11)15-10(2)20/h4-6,8H,3,7,9H2,1-2H3,(H,15,20). The number of anilines is 1. The number of amides is 1. The molecule has 0 fully saturated rings. The van der Waals surface area contributed by atoms with E-state index in [1.165, 1.54) is 6.92 Å². The molecular weight excluding hydrogens is 286 g/mol. The quantitative estimate of drug-likeness (QED) is 0.810. The maximum atomic E-state index is 12.0. The van der Waals surface area contributed by atoms with Crippen molar-refractivity contribution in [3.05, 3.63) is 35.7 Å². The molecule has 0 saturated heterocycles. The van der Waals surface area contributed by atoms with Crippen molar-refractivity contribution < 1.29 is 14.3 Å². The lowest BCUT2D eigenvalue weighted by atomic mass is 10.2. The number of esters is 1. The van der Waals surface area contributed by atoms with E-state index in [-0.39, 0.29) is 12.5 Å². The van der Waals surface area contributed by atoms with Gasteiger partial charge in [0.2, 0.25) is 5.91 Å². The van der Waals surface area contributed by atoms with Gasteiger partial charge in [-0.3, -0.25) is 4.79 Å². The average molecular weight is 303 g/mol. The van der Waals surface area contributed by atoms with Crippen LogP contribution in [0.5, 0.6) is 0 Å². The monoisotopic (exact) mass is 303 g/mol. The third kappa shape index (κ3) is 4.11. The van der Waals surface area contributed by atoms with E-state index in [1.54, 1.807) is 28.9 Å². The summed E-state index contributed by atoms with van der Waals surface area (Å²) in [5.74, 6) is -0.212. The van der Waals surface area contributed by atoms with Crippen molar-refractivity contribution in [3.8, 4) is 0 Å². The minimum Gasteiger partial charge on any atom is -0.454 e. The molecule has 1 heterocycles. The lowest BCUT2D eigenvalue weighted by Crippen LogP contribution is -2.12. The Hall–Kier alpha value is -2.77. The van der Waals surface area contributed by atoms with Crippen LogP contribution in [0.1, 0.15) is 36.5 Å². The zero-order valence-electron chi connectivity index (χ0n) is 12.4. The minimum absolute atomic E-state index is 0.00377. The van der Waals surface area contributed by atoms with Crippen molar-refractivity contribution in [1.82, 2.24) is 20.2 Å². The van der Waals surface area contributed by atoms with E-state index >= 15 is 0 Å². The molecule has 8 heteroatoms. The highest BCUT2D eigenvalue weighted by atomic mass is 16.5. The van der Waals surface area contributed by atoms with Gasteiger partial charge in [-0.1, -0.05) is 13.0 Å². The van der Waals surface area contributed by atoms with Crippen molar-refractivity contribution >= 4 is 17.6 Å². The summed E-state index contributed by atoms with van der Waals surface area (Å²) in [5, 5.41) is 13.8. The molecule has 0 radical (unpaired) electrons. The molecule has 0 aliphatic carbocycles. The summed E-state index contributed by atoms with van der Waals surface area (Å²) in [7, 11) is 0. The van der Waals surface area contributed by atoms with Gasteiger partial charge in [0.15, 0.2) is 12.4 Å². The average Bonchev–Trinajstić information content (AvgIpc) is 2.92. The second kappa shape index (κ2) is 7.30. The number of aryl methyl sites for hydroxylation is 1. The minimum atomic E-state index is -0.502. The van der Waals surface area contributed by atoms with Crippen LogP contribution in [0.2, 0.25) is 0 Å². The van der Waals surface area contributed by atoms with Crippen LogP contribution in [-0.2, 0) is 22.7 Å². The van der Waals surface area contributed by atoms with Crippen LogP contribution < -0.4 is 5.32 Å². The lowest BCUT2D eigenvalue weighted by Gasteiger charge is -2.07. The SMILES string of the molecule is CCCn1nnnc1COC(=O)c1cccc(NC(C)=O)c1. The molecule has 0 spiro atoms. The van der Waals surface area contributed by atoms with Gasteiger partial charge in [-0.2, -0.15) is 0 Å². The summed E-state index contributed by atoms with van der Waals surface area (Å²) in [4.78, 5) is 23.1. The normalized spacial score (nSPS) is 10.3. The van der Waals surface area contributed by atoms with Gasteiger partial charge in [-0.05, 0) is 35.0 Å². The molecule has 0 aliphatic rings. The van der Waals surface area contributed by atoms with Gasteiger partial charge in [-0.25, -0.2) is 9.48 Å². The Kier molecular flexibility index (Phi) is 5.18. The first-order valence-corrected chi connectivity index (χ1v) is 6.90. The molecule has 2 aromatic rings. The number of carbonyl (C=O) groups is 2. The number of rotatable bonds is 6. The van der Waals surface area contributed by atoms with Gasteiger partial charge in [-0.15, -0.1) is 5.10 Å². The van der Waals surface area contributed by atoms with Crippen molar-refractivity contribution in [2.45, 2.75) is 33.4 Å². The van der Waals surface area contributed by atoms with Crippen molar-refractivity contribution in [3.63, 3.8) is 0 Å². The molecule has 1 N–H and O–H groups in total. The zero-order chi connectivity index (χ0) is 15.9. The number of ether oxygens (including phenoxy) is 1. The summed E-state index contributed by atoms with van der Waals surface area (Å²) in [5.41, 5.74) is 0.888. The fraction of sp³-hybridized carbons (Fsp3) is 0.357. The smallest absolute Gasteiger partial charge is 0.338 e. The number of aromatic nitrogens is 4. The van der Waals surface area contributed by atoms with Gasteiger partial charge in [0.1, 0.15) is 0 Å². The Morgan fingerprint density at radius 3 is 2.91 bits per heavy atom. The largest absolute Gasteiger partial charge is 0.454 e. The molecule has 8 nitrogen and oxygen atoms in total. The molecule has 0 bridgehead atoms. The van der Waals surface area contributed by atoms with Crippen LogP contribution >= 0.6 is 0 Å². The highest BCUT2D eigenvalue weighted by molar-refractivity contribution is 5.93. The first-order valence-electron chi connectivity index (χ1n) is 6.90. The molecule has 1 aromatic heterocycles. The van der Waals surface area contributed by atoms with Crippen LogP contribution in [0.25, 0.3) is 0 Å². The highest BCUT2D eigenvalue weighted by Crippen LogP contribution is 2.12. The predicted octanol–water partition coefficient (Wildman–Crippen LogP) is 1.40. The van der Waals surface area contributed by atoms with E-state index < -0.39 is 5.97 Å². The number of hydrogen-bond donors (Lipinski definition) is 1. The second-order valence-corrected chi connectivity index (χ2v) is 4.66. The fourth-order valence-electron chi connectivity index (χ4n) is 1.85. The third-order valence-electron chi connectivity index (χ3n) is 2.79. The Bertz CT molecular complexity index is 668. The Labute approximate surface area is 127 Å². The van der Waals surface area contributed by atoms with Gasteiger partial charge in [0, 0.05) is 19.2 Å². The zero-order valence-corrected chi connectivity index (χ0v) is 12.4.